The van der Waals surface area contributed by atoms with Crippen molar-refractivity contribution in [1.82, 2.24) is 15.1 Å². The van der Waals surface area contributed by atoms with Crippen LogP contribution < -0.4 is 10.1 Å². The summed E-state index contributed by atoms with van der Waals surface area (Å²) >= 11 is 9.07. The van der Waals surface area contributed by atoms with Crippen molar-refractivity contribution in [3.63, 3.8) is 0 Å². The quantitative estimate of drug-likeness (QED) is 0.309. The Morgan fingerprint density at radius 2 is 1.56 bits per heavy atom. The summed E-state index contributed by atoms with van der Waals surface area (Å²) in [5, 5.41) is 3.34. The third-order valence-electron chi connectivity index (χ3n) is 6.16. The number of rotatable bonds is 8. The SMILES string of the molecule is COCCOc1ccc(C(=O)NC(=S)N2CCN(C(c3ccccc3)c3ccccc3)CC2)cc1Br. The Hall–Kier alpha value is -2.78. The fourth-order valence-corrected chi connectivity index (χ4v) is 5.08. The molecule has 0 saturated carbocycles. The van der Waals surface area contributed by atoms with Crippen LogP contribution in [0.3, 0.4) is 0 Å². The maximum atomic E-state index is 12.8. The lowest BCUT2D eigenvalue weighted by Crippen LogP contribution is -2.53. The van der Waals surface area contributed by atoms with Crippen LogP contribution in [0.1, 0.15) is 27.5 Å². The minimum atomic E-state index is -0.238. The average molecular weight is 569 g/mol. The molecule has 1 heterocycles. The van der Waals surface area contributed by atoms with Crippen molar-refractivity contribution in [3.05, 3.63) is 100 Å². The van der Waals surface area contributed by atoms with Crippen LogP contribution in [0, 0.1) is 0 Å². The molecule has 1 aliphatic rings. The van der Waals surface area contributed by atoms with Gasteiger partial charge in [0.05, 0.1) is 17.1 Å². The largest absolute Gasteiger partial charge is 0.490 e. The molecule has 8 heteroatoms. The molecule has 0 spiro atoms. The van der Waals surface area contributed by atoms with Gasteiger partial charge in [0.15, 0.2) is 5.11 Å². The molecule has 0 aliphatic carbocycles. The first-order valence-electron chi connectivity index (χ1n) is 11.9. The van der Waals surface area contributed by atoms with E-state index in [0.717, 1.165) is 26.2 Å². The normalized spacial score (nSPS) is 14.0. The molecule has 0 aromatic heterocycles. The highest BCUT2D eigenvalue weighted by Gasteiger charge is 2.27. The van der Waals surface area contributed by atoms with Crippen LogP contribution in [0.5, 0.6) is 5.75 Å². The minimum absolute atomic E-state index is 0.180. The Balaban J connectivity index is 1.36. The molecule has 6 nitrogen and oxygen atoms in total. The van der Waals surface area contributed by atoms with Crippen molar-refractivity contribution in [1.29, 1.82) is 0 Å². The summed E-state index contributed by atoms with van der Waals surface area (Å²) in [7, 11) is 1.62. The van der Waals surface area contributed by atoms with E-state index in [9.17, 15) is 4.79 Å². The van der Waals surface area contributed by atoms with Crippen molar-refractivity contribution in [2.24, 2.45) is 0 Å². The smallest absolute Gasteiger partial charge is 0.257 e. The lowest BCUT2D eigenvalue weighted by Gasteiger charge is -2.40. The summed E-state index contributed by atoms with van der Waals surface area (Å²) in [6, 6.07) is 26.6. The zero-order chi connectivity index (χ0) is 25.3. The van der Waals surface area contributed by atoms with E-state index < -0.39 is 0 Å². The van der Waals surface area contributed by atoms with Gasteiger partial charge in [-0.15, -0.1) is 0 Å². The second-order valence-corrected chi connectivity index (χ2v) is 9.73. The van der Waals surface area contributed by atoms with Crippen LogP contribution in [0.4, 0.5) is 0 Å². The summed E-state index contributed by atoms with van der Waals surface area (Å²) in [6.45, 7) is 4.09. The van der Waals surface area contributed by atoms with E-state index in [1.54, 1.807) is 25.3 Å². The number of methoxy groups -OCH3 is 1. The zero-order valence-corrected chi connectivity index (χ0v) is 22.6. The predicted molar refractivity (Wildman–Crippen MR) is 149 cm³/mol. The third kappa shape index (κ3) is 6.70. The standard InChI is InChI=1S/C28H30BrN3O3S/c1-34-18-19-35-25-13-12-23(20-24(25)29)27(33)30-28(36)32-16-14-31(15-17-32)26(21-8-4-2-5-9-21)22-10-6-3-7-11-22/h2-13,20,26H,14-19H2,1H3,(H,30,33,36). The maximum absolute atomic E-state index is 12.8. The summed E-state index contributed by atoms with van der Waals surface area (Å²) in [5.74, 6) is 0.423. The van der Waals surface area contributed by atoms with Crippen LogP contribution in [0.2, 0.25) is 0 Å². The Morgan fingerprint density at radius 3 is 2.11 bits per heavy atom. The molecule has 0 unspecified atom stereocenters. The van der Waals surface area contributed by atoms with Gasteiger partial charge in [0.25, 0.3) is 5.91 Å². The molecule has 188 valence electrons. The number of carbonyl (C=O) groups is 1. The van der Waals surface area contributed by atoms with Gasteiger partial charge in [0.1, 0.15) is 12.4 Å². The van der Waals surface area contributed by atoms with Gasteiger partial charge in [-0.3, -0.25) is 15.0 Å². The Bertz CT molecular complexity index is 1120. The first-order chi connectivity index (χ1) is 17.6. The van der Waals surface area contributed by atoms with Gasteiger partial charge in [-0.25, -0.2) is 0 Å². The minimum Gasteiger partial charge on any atom is -0.490 e. The monoisotopic (exact) mass is 567 g/mol. The van der Waals surface area contributed by atoms with Crippen LogP contribution in [-0.2, 0) is 4.74 Å². The van der Waals surface area contributed by atoms with Crippen molar-refractivity contribution in [2.75, 3.05) is 46.5 Å². The van der Waals surface area contributed by atoms with Gasteiger partial charge in [-0.1, -0.05) is 60.7 Å². The Labute approximate surface area is 226 Å². The molecule has 3 aromatic rings. The molecule has 4 rings (SSSR count). The highest BCUT2D eigenvalue weighted by atomic mass is 79.9. The van der Waals surface area contributed by atoms with Crippen LogP contribution >= 0.6 is 28.1 Å². The Kier molecular flexibility index (Phi) is 9.47. The topological polar surface area (TPSA) is 54.0 Å². The molecule has 36 heavy (non-hydrogen) atoms. The second kappa shape index (κ2) is 13.0. The van der Waals surface area contributed by atoms with Gasteiger partial charge in [-0.2, -0.15) is 0 Å². The number of halogens is 1. The summed E-state index contributed by atoms with van der Waals surface area (Å²) in [5.41, 5.74) is 3.05. The molecule has 1 saturated heterocycles. The van der Waals surface area contributed by atoms with E-state index in [0.29, 0.717) is 34.1 Å². The number of benzene rings is 3. The van der Waals surface area contributed by atoms with E-state index >= 15 is 0 Å². The van der Waals surface area contributed by atoms with Gasteiger partial charge in [0.2, 0.25) is 0 Å². The van der Waals surface area contributed by atoms with E-state index in [2.05, 4.69) is 79.6 Å². The number of carbonyl (C=O) groups excluding carboxylic acids is 1. The molecule has 0 atom stereocenters. The van der Waals surface area contributed by atoms with E-state index in [4.69, 9.17) is 21.7 Å². The van der Waals surface area contributed by atoms with E-state index in [1.807, 2.05) is 12.1 Å². The number of piperazine rings is 1. The molecule has 1 fully saturated rings. The first kappa shape index (κ1) is 26.3. The molecule has 0 radical (unpaired) electrons. The highest BCUT2D eigenvalue weighted by Crippen LogP contribution is 2.29. The number of nitrogens with zero attached hydrogens (tertiary/aromatic N) is 2. The number of thiocarbonyl (C=S) groups is 1. The highest BCUT2D eigenvalue weighted by molar-refractivity contribution is 9.10. The number of nitrogens with one attached hydrogen (secondary N) is 1. The van der Waals surface area contributed by atoms with Crippen molar-refractivity contribution >= 4 is 39.2 Å². The van der Waals surface area contributed by atoms with Gasteiger partial charge in [0, 0.05) is 38.9 Å². The van der Waals surface area contributed by atoms with Gasteiger partial charge in [-0.05, 0) is 57.5 Å². The fraction of sp³-hybridized carbons (Fsp3) is 0.286. The second-order valence-electron chi connectivity index (χ2n) is 8.49. The van der Waals surface area contributed by atoms with Crippen LogP contribution in [0.25, 0.3) is 0 Å². The first-order valence-corrected chi connectivity index (χ1v) is 13.1. The lowest BCUT2D eigenvalue weighted by atomic mass is 9.96. The predicted octanol–water partition coefficient (Wildman–Crippen LogP) is 4.90. The molecule has 1 amide bonds. The molecular weight excluding hydrogens is 538 g/mol. The maximum Gasteiger partial charge on any atom is 0.257 e. The van der Waals surface area contributed by atoms with Gasteiger partial charge < -0.3 is 14.4 Å². The van der Waals surface area contributed by atoms with Gasteiger partial charge >= 0.3 is 0 Å². The molecule has 0 bridgehead atoms. The van der Waals surface area contributed by atoms with Crippen molar-refractivity contribution in [3.8, 4) is 5.75 Å². The van der Waals surface area contributed by atoms with Crippen LogP contribution in [0.15, 0.2) is 83.3 Å². The number of hydrogen-bond acceptors (Lipinski definition) is 5. The van der Waals surface area contributed by atoms with E-state index in [-0.39, 0.29) is 11.9 Å². The zero-order valence-electron chi connectivity index (χ0n) is 20.2. The Morgan fingerprint density at radius 1 is 0.944 bits per heavy atom. The third-order valence-corrected chi connectivity index (χ3v) is 7.14. The summed E-state index contributed by atoms with van der Waals surface area (Å²) in [6.07, 6.45) is 0. The molecule has 1 aliphatic heterocycles. The average Bonchev–Trinajstić information content (AvgIpc) is 2.91. The number of ether oxygens (including phenoxy) is 2. The van der Waals surface area contributed by atoms with Crippen molar-refractivity contribution in [2.45, 2.75) is 6.04 Å². The van der Waals surface area contributed by atoms with E-state index in [1.165, 1.54) is 11.1 Å². The molecule has 3 aromatic carbocycles. The summed E-state index contributed by atoms with van der Waals surface area (Å²) in [4.78, 5) is 17.4. The number of hydrogen-bond donors (Lipinski definition) is 1. The van der Waals surface area contributed by atoms with Crippen LogP contribution in [-0.4, -0.2) is 67.3 Å². The molecular formula is C28H30BrN3O3S. The fourth-order valence-electron chi connectivity index (χ4n) is 4.31. The van der Waals surface area contributed by atoms with Crippen molar-refractivity contribution < 1.29 is 14.3 Å². The number of amides is 1. The molecule has 1 N–H and O–H groups in total. The summed E-state index contributed by atoms with van der Waals surface area (Å²) < 4.78 is 11.4. The lowest BCUT2D eigenvalue weighted by molar-refractivity contribution is 0.0967.